The molecule has 0 saturated carbocycles. The van der Waals surface area contributed by atoms with Gasteiger partial charge in [-0.05, 0) is 6.42 Å². The average molecular weight is 170 g/mol. The van der Waals surface area contributed by atoms with Crippen molar-refractivity contribution in [3.63, 3.8) is 0 Å². The summed E-state index contributed by atoms with van der Waals surface area (Å²) in [5.41, 5.74) is 0. The van der Waals surface area contributed by atoms with Crippen LogP contribution in [0.25, 0.3) is 0 Å². The number of hydrogen-bond acceptors (Lipinski definition) is 2. The third kappa shape index (κ3) is 2.82. The Bertz CT molecular complexity index is 91.8. The first-order valence-corrected chi connectivity index (χ1v) is 3.19. The van der Waals surface area contributed by atoms with E-state index in [1.54, 1.807) is 7.11 Å². The highest BCUT2D eigenvalue weighted by Crippen LogP contribution is 2.09. The van der Waals surface area contributed by atoms with Gasteiger partial charge in [0.05, 0.1) is 6.61 Å². The van der Waals surface area contributed by atoms with Crippen molar-refractivity contribution in [1.29, 1.82) is 0 Å². The Hall–Kier alpha value is 0.140. The zero-order valence-electron chi connectivity index (χ0n) is 5.97. The molecule has 0 aromatic heterocycles. The van der Waals surface area contributed by atoms with Crippen molar-refractivity contribution in [2.45, 2.75) is 18.6 Å². The van der Waals surface area contributed by atoms with Crippen molar-refractivity contribution in [3.05, 3.63) is 0 Å². The van der Waals surface area contributed by atoms with Crippen LogP contribution in [0.15, 0.2) is 0 Å². The van der Waals surface area contributed by atoms with E-state index >= 15 is 0 Å². The Kier molecular flexibility index (Phi) is 4.95. The number of hydrogen-bond donors (Lipinski definition) is 1. The number of nitrogens with one attached hydrogen (secondary N) is 1. The van der Waals surface area contributed by atoms with Gasteiger partial charge in [-0.2, -0.15) is 0 Å². The second kappa shape index (κ2) is 4.88. The fraction of sp³-hybridized carbons (Fsp3) is 1.00. The lowest BCUT2D eigenvalue weighted by atomic mass is 10.2. The second-order valence-electron chi connectivity index (χ2n) is 2.39. The van der Waals surface area contributed by atoms with Gasteiger partial charge in [0.15, 0.2) is 0 Å². The van der Waals surface area contributed by atoms with E-state index in [0.29, 0.717) is 19.6 Å². The SMILES string of the molecule is COC[C@H]1C[C@H](F)CN1.Cl. The Morgan fingerprint density at radius 1 is 1.70 bits per heavy atom. The molecule has 0 radical (unpaired) electrons. The number of ether oxygens (including phenoxy) is 1. The summed E-state index contributed by atoms with van der Waals surface area (Å²) in [7, 11) is 1.63. The molecule has 1 rings (SSSR count). The maximum atomic E-state index is 12.4. The quantitative estimate of drug-likeness (QED) is 0.659. The molecule has 0 aliphatic carbocycles. The van der Waals surface area contributed by atoms with Crippen LogP contribution in [0.4, 0.5) is 4.39 Å². The van der Waals surface area contributed by atoms with Gasteiger partial charge in [0, 0.05) is 19.7 Å². The van der Waals surface area contributed by atoms with Crippen molar-refractivity contribution in [3.8, 4) is 0 Å². The van der Waals surface area contributed by atoms with E-state index in [9.17, 15) is 4.39 Å². The third-order valence-electron chi connectivity index (χ3n) is 1.54. The summed E-state index contributed by atoms with van der Waals surface area (Å²) in [6.45, 7) is 1.12. The van der Waals surface area contributed by atoms with E-state index in [1.165, 1.54) is 0 Å². The minimum Gasteiger partial charge on any atom is -0.383 e. The molecule has 1 fully saturated rings. The maximum absolute atomic E-state index is 12.4. The van der Waals surface area contributed by atoms with Crippen LogP contribution < -0.4 is 5.32 Å². The molecule has 4 heteroatoms. The molecule has 1 N–H and O–H groups in total. The Balaban J connectivity index is 0.000000810. The van der Waals surface area contributed by atoms with E-state index in [2.05, 4.69) is 5.32 Å². The largest absolute Gasteiger partial charge is 0.383 e. The molecular formula is C6H13ClFNO. The minimum atomic E-state index is -0.662. The van der Waals surface area contributed by atoms with Gasteiger partial charge in [0.1, 0.15) is 6.17 Å². The lowest BCUT2D eigenvalue weighted by Crippen LogP contribution is -2.25. The Morgan fingerprint density at radius 2 is 2.40 bits per heavy atom. The van der Waals surface area contributed by atoms with E-state index in [0.717, 1.165) is 0 Å². The van der Waals surface area contributed by atoms with Gasteiger partial charge < -0.3 is 10.1 Å². The van der Waals surface area contributed by atoms with Crippen molar-refractivity contribution in [2.24, 2.45) is 0 Å². The number of methoxy groups -OCH3 is 1. The highest BCUT2D eigenvalue weighted by Gasteiger charge is 2.22. The minimum absolute atomic E-state index is 0. The fourth-order valence-electron chi connectivity index (χ4n) is 1.10. The normalized spacial score (nSPS) is 31.8. The van der Waals surface area contributed by atoms with E-state index in [4.69, 9.17) is 4.74 Å². The number of halogens is 2. The molecule has 2 atom stereocenters. The van der Waals surface area contributed by atoms with Gasteiger partial charge in [0.25, 0.3) is 0 Å². The predicted molar refractivity (Wildman–Crippen MR) is 40.4 cm³/mol. The average Bonchev–Trinajstić information content (AvgIpc) is 2.17. The van der Waals surface area contributed by atoms with Gasteiger partial charge >= 0.3 is 0 Å². The Morgan fingerprint density at radius 3 is 2.80 bits per heavy atom. The molecule has 0 spiro atoms. The first-order valence-electron chi connectivity index (χ1n) is 3.19. The van der Waals surface area contributed by atoms with Crippen molar-refractivity contribution >= 4 is 12.4 Å². The van der Waals surface area contributed by atoms with Crippen LogP contribution in [0, 0.1) is 0 Å². The highest BCUT2D eigenvalue weighted by atomic mass is 35.5. The maximum Gasteiger partial charge on any atom is 0.114 e. The molecule has 62 valence electrons. The summed E-state index contributed by atoms with van der Waals surface area (Å²) in [4.78, 5) is 0. The topological polar surface area (TPSA) is 21.3 Å². The first-order chi connectivity index (χ1) is 4.33. The summed E-state index contributed by atoms with van der Waals surface area (Å²) in [6.07, 6.45) is -0.0569. The molecule has 1 saturated heterocycles. The smallest absolute Gasteiger partial charge is 0.114 e. The lowest BCUT2D eigenvalue weighted by Gasteiger charge is -2.05. The van der Waals surface area contributed by atoms with Crippen LogP contribution in [0.5, 0.6) is 0 Å². The zero-order valence-corrected chi connectivity index (χ0v) is 6.79. The number of rotatable bonds is 2. The number of alkyl halides is 1. The highest BCUT2D eigenvalue weighted by molar-refractivity contribution is 5.85. The van der Waals surface area contributed by atoms with E-state index < -0.39 is 6.17 Å². The Labute approximate surface area is 66.5 Å². The molecule has 1 heterocycles. The first kappa shape index (κ1) is 10.1. The van der Waals surface area contributed by atoms with Crippen LogP contribution in [-0.4, -0.2) is 32.5 Å². The monoisotopic (exact) mass is 169 g/mol. The van der Waals surface area contributed by atoms with Crippen molar-refractivity contribution in [2.75, 3.05) is 20.3 Å². The predicted octanol–water partition coefficient (Wildman–Crippen LogP) is 0.755. The van der Waals surface area contributed by atoms with Crippen LogP contribution in [0.2, 0.25) is 0 Å². The molecule has 2 nitrogen and oxygen atoms in total. The van der Waals surface area contributed by atoms with Crippen LogP contribution in [-0.2, 0) is 4.74 Å². The van der Waals surface area contributed by atoms with Crippen molar-refractivity contribution < 1.29 is 9.13 Å². The summed E-state index contributed by atoms with van der Waals surface area (Å²) >= 11 is 0. The molecule has 0 aromatic carbocycles. The van der Waals surface area contributed by atoms with Gasteiger partial charge in [-0.15, -0.1) is 12.4 Å². The molecular weight excluding hydrogens is 157 g/mol. The molecule has 0 amide bonds. The molecule has 1 aliphatic heterocycles. The second-order valence-corrected chi connectivity index (χ2v) is 2.39. The van der Waals surface area contributed by atoms with Crippen LogP contribution in [0.3, 0.4) is 0 Å². The van der Waals surface area contributed by atoms with Crippen LogP contribution >= 0.6 is 12.4 Å². The third-order valence-corrected chi connectivity index (χ3v) is 1.54. The van der Waals surface area contributed by atoms with Crippen molar-refractivity contribution in [1.82, 2.24) is 5.32 Å². The summed E-state index contributed by atoms with van der Waals surface area (Å²) < 4.78 is 17.2. The molecule has 10 heavy (non-hydrogen) atoms. The standard InChI is InChI=1S/C6H12FNO.ClH/c1-9-4-6-2-5(7)3-8-6;/h5-6,8H,2-4H2,1H3;1H/t5-,6+;/m0./s1. The van der Waals surface area contributed by atoms with Gasteiger partial charge in [-0.1, -0.05) is 0 Å². The summed E-state index contributed by atoms with van der Waals surface area (Å²) in [5, 5.41) is 3.01. The molecule has 0 bridgehead atoms. The van der Waals surface area contributed by atoms with Crippen LogP contribution in [0.1, 0.15) is 6.42 Å². The summed E-state index contributed by atoms with van der Waals surface area (Å²) in [5.74, 6) is 0. The van der Waals surface area contributed by atoms with E-state index in [-0.39, 0.29) is 18.4 Å². The molecule has 0 aromatic rings. The van der Waals surface area contributed by atoms with Gasteiger partial charge in [-0.3, -0.25) is 0 Å². The fourth-order valence-corrected chi connectivity index (χ4v) is 1.10. The molecule has 0 unspecified atom stereocenters. The van der Waals surface area contributed by atoms with Gasteiger partial charge in [0.2, 0.25) is 0 Å². The zero-order chi connectivity index (χ0) is 6.69. The van der Waals surface area contributed by atoms with E-state index in [1.807, 2.05) is 0 Å². The lowest BCUT2D eigenvalue weighted by molar-refractivity contribution is 0.171. The molecule has 1 aliphatic rings. The van der Waals surface area contributed by atoms with Gasteiger partial charge in [-0.25, -0.2) is 4.39 Å². The summed E-state index contributed by atoms with van der Waals surface area (Å²) in [6, 6.07) is 0.241.